The highest BCUT2D eigenvalue weighted by atomic mass is 79.9. The molecule has 0 spiro atoms. The number of hydrogen-bond donors (Lipinski definition) is 0. The van der Waals surface area contributed by atoms with E-state index in [0.29, 0.717) is 12.0 Å². The second-order valence-corrected chi connectivity index (χ2v) is 4.73. The van der Waals surface area contributed by atoms with Crippen molar-refractivity contribution in [2.75, 3.05) is 6.61 Å². The van der Waals surface area contributed by atoms with Gasteiger partial charge in [-0.2, -0.15) is 0 Å². The minimum Gasteiger partial charge on any atom is -0.458 e. The number of allylic oxidation sites excluding steroid dienone is 1. The van der Waals surface area contributed by atoms with Crippen molar-refractivity contribution in [3.05, 3.63) is 55.7 Å². The van der Waals surface area contributed by atoms with Crippen LogP contribution in [0.25, 0.3) is 0 Å². The van der Waals surface area contributed by atoms with Gasteiger partial charge >= 0.3 is 11.7 Å². The molecule has 0 aliphatic heterocycles. The first-order valence-electron chi connectivity index (χ1n) is 5.72. The van der Waals surface area contributed by atoms with Gasteiger partial charge in [-0.05, 0) is 25.5 Å². The van der Waals surface area contributed by atoms with Gasteiger partial charge in [0.2, 0.25) is 0 Å². The zero-order valence-electron chi connectivity index (χ0n) is 10.7. The Morgan fingerprint density at radius 1 is 1.42 bits per heavy atom. The first kappa shape index (κ1) is 15.4. The first-order valence-corrected chi connectivity index (χ1v) is 6.51. The lowest BCUT2D eigenvalue weighted by Crippen LogP contribution is -2.17. The molecule has 1 aromatic carbocycles. The minimum absolute atomic E-state index is 0.110. The average molecular weight is 328 g/mol. The molecule has 0 saturated carbocycles. The third-order valence-corrected chi connectivity index (χ3v) is 3.24. The third kappa shape index (κ3) is 4.17. The van der Waals surface area contributed by atoms with E-state index in [0.717, 1.165) is 10.0 Å². The zero-order valence-corrected chi connectivity index (χ0v) is 12.3. The van der Waals surface area contributed by atoms with Gasteiger partial charge in [-0.15, -0.1) is 0 Å². The monoisotopic (exact) mass is 327 g/mol. The lowest BCUT2D eigenvalue weighted by atomic mass is 10.0. The second kappa shape index (κ2) is 7.04. The van der Waals surface area contributed by atoms with E-state index in [9.17, 15) is 14.9 Å². The maximum absolute atomic E-state index is 11.6. The largest absolute Gasteiger partial charge is 0.458 e. The van der Waals surface area contributed by atoms with Gasteiger partial charge in [-0.3, -0.25) is 10.1 Å². The van der Waals surface area contributed by atoms with E-state index in [1.807, 2.05) is 24.3 Å². The highest BCUT2D eigenvalue weighted by molar-refractivity contribution is 9.10. The van der Waals surface area contributed by atoms with E-state index in [1.54, 1.807) is 13.8 Å². The lowest BCUT2D eigenvalue weighted by molar-refractivity contribution is -0.422. The van der Waals surface area contributed by atoms with Crippen LogP contribution in [0.5, 0.6) is 0 Å². The fraction of sp³-hybridized carbons (Fsp3) is 0.308. The van der Waals surface area contributed by atoms with Crippen molar-refractivity contribution < 1.29 is 14.5 Å². The molecule has 0 aromatic heterocycles. The van der Waals surface area contributed by atoms with Crippen LogP contribution in [0.1, 0.15) is 19.4 Å². The van der Waals surface area contributed by atoms with E-state index < -0.39 is 16.6 Å². The van der Waals surface area contributed by atoms with Gasteiger partial charge < -0.3 is 4.74 Å². The van der Waals surface area contributed by atoms with Crippen LogP contribution < -0.4 is 0 Å². The summed E-state index contributed by atoms with van der Waals surface area (Å²) in [5, 5.41) is 11.0. The molecule has 0 fully saturated rings. The van der Waals surface area contributed by atoms with E-state index in [4.69, 9.17) is 4.74 Å². The number of esters is 1. The maximum atomic E-state index is 11.6. The summed E-state index contributed by atoms with van der Waals surface area (Å²) >= 11 is 3.37. The van der Waals surface area contributed by atoms with Crippen molar-refractivity contribution in [2.24, 2.45) is 0 Å². The van der Waals surface area contributed by atoms with Crippen molar-refractivity contribution >= 4 is 21.9 Å². The standard InChI is InChI=1S/C13H14BrNO4/c1-3-19-13(16)12(15(17)18)9(2)8-10-6-4-5-7-11(10)14/h4-7H,3,8H2,1-2H3/b12-9-. The summed E-state index contributed by atoms with van der Waals surface area (Å²) in [5.74, 6) is -0.892. The Balaban J connectivity index is 3.07. The Kier molecular flexibility index (Phi) is 5.69. The van der Waals surface area contributed by atoms with Crippen LogP contribution in [0.3, 0.4) is 0 Å². The molecule has 0 amide bonds. The van der Waals surface area contributed by atoms with E-state index >= 15 is 0 Å². The Labute approximate surface area is 119 Å². The summed E-state index contributed by atoms with van der Waals surface area (Å²) in [6, 6.07) is 7.38. The molecule has 1 aromatic rings. The highest BCUT2D eigenvalue weighted by Gasteiger charge is 2.26. The van der Waals surface area contributed by atoms with Crippen LogP contribution in [0.4, 0.5) is 0 Å². The molecule has 102 valence electrons. The predicted octanol–water partition coefficient (Wildman–Crippen LogP) is 3.11. The van der Waals surface area contributed by atoms with Crippen LogP contribution in [0.2, 0.25) is 0 Å². The molecule has 0 radical (unpaired) electrons. The van der Waals surface area contributed by atoms with Gasteiger partial charge in [-0.25, -0.2) is 4.79 Å². The predicted molar refractivity (Wildman–Crippen MR) is 74.2 cm³/mol. The quantitative estimate of drug-likeness (QED) is 0.360. The van der Waals surface area contributed by atoms with Crippen LogP contribution >= 0.6 is 15.9 Å². The number of ether oxygens (including phenoxy) is 1. The fourth-order valence-corrected chi connectivity index (χ4v) is 2.04. The topological polar surface area (TPSA) is 69.4 Å². The Hall–Kier alpha value is -1.69. The van der Waals surface area contributed by atoms with Gasteiger partial charge in [0, 0.05) is 16.5 Å². The number of nitro groups is 1. The van der Waals surface area contributed by atoms with Crippen LogP contribution in [-0.4, -0.2) is 17.5 Å². The molecule has 0 saturated heterocycles. The van der Waals surface area contributed by atoms with Gasteiger partial charge in [0.05, 0.1) is 11.5 Å². The number of benzene rings is 1. The molecule has 0 unspecified atom stereocenters. The Morgan fingerprint density at radius 2 is 2.05 bits per heavy atom. The lowest BCUT2D eigenvalue weighted by Gasteiger charge is -2.06. The maximum Gasteiger partial charge on any atom is 0.409 e. The summed E-state index contributed by atoms with van der Waals surface area (Å²) in [6.45, 7) is 3.28. The molecule has 0 atom stereocenters. The van der Waals surface area contributed by atoms with Crippen LogP contribution in [-0.2, 0) is 16.0 Å². The van der Waals surface area contributed by atoms with Gasteiger partial charge in [0.1, 0.15) is 0 Å². The summed E-state index contributed by atoms with van der Waals surface area (Å²) < 4.78 is 5.55. The van der Waals surface area contributed by atoms with Gasteiger partial charge in [-0.1, -0.05) is 34.1 Å². The summed E-state index contributed by atoms with van der Waals surface area (Å²) in [7, 11) is 0. The molecule has 1 rings (SSSR count). The van der Waals surface area contributed by atoms with Gasteiger partial charge in [0.15, 0.2) is 0 Å². The van der Waals surface area contributed by atoms with Crippen LogP contribution in [0, 0.1) is 10.1 Å². The van der Waals surface area contributed by atoms with Crippen molar-refractivity contribution in [3.8, 4) is 0 Å². The first-order chi connectivity index (χ1) is 8.97. The Morgan fingerprint density at radius 3 is 2.58 bits per heavy atom. The molecular weight excluding hydrogens is 314 g/mol. The van der Waals surface area contributed by atoms with Crippen LogP contribution in [0.15, 0.2) is 40.0 Å². The van der Waals surface area contributed by atoms with E-state index in [2.05, 4.69) is 15.9 Å². The minimum atomic E-state index is -0.892. The molecule has 0 bridgehead atoms. The molecule has 6 heteroatoms. The van der Waals surface area contributed by atoms with E-state index in [1.165, 1.54) is 0 Å². The third-order valence-electron chi connectivity index (χ3n) is 2.47. The van der Waals surface area contributed by atoms with Gasteiger partial charge in [0.25, 0.3) is 0 Å². The number of rotatable bonds is 5. The number of halogens is 1. The molecular formula is C13H14BrNO4. The highest BCUT2D eigenvalue weighted by Crippen LogP contribution is 2.21. The molecule has 0 N–H and O–H groups in total. The summed E-state index contributed by atoms with van der Waals surface area (Å²) in [5.41, 5.74) is 0.761. The molecule has 19 heavy (non-hydrogen) atoms. The zero-order chi connectivity index (χ0) is 14.4. The van der Waals surface area contributed by atoms with Crippen molar-refractivity contribution in [1.29, 1.82) is 0 Å². The van der Waals surface area contributed by atoms with E-state index in [-0.39, 0.29) is 6.61 Å². The number of nitrogens with zero attached hydrogens (tertiary/aromatic N) is 1. The SMILES string of the molecule is CCOC(=O)/C(=C(\C)Cc1ccccc1Br)[N+](=O)[O-]. The fourth-order valence-electron chi connectivity index (χ4n) is 1.62. The average Bonchev–Trinajstić information content (AvgIpc) is 2.32. The normalized spacial score (nSPS) is 11.7. The molecule has 0 aliphatic carbocycles. The smallest absolute Gasteiger partial charge is 0.409 e. The Bertz CT molecular complexity index is 525. The number of hydrogen-bond acceptors (Lipinski definition) is 4. The summed E-state index contributed by atoms with van der Waals surface area (Å²) in [6.07, 6.45) is 0.316. The number of carbonyl (C=O) groups excluding carboxylic acids is 1. The summed E-state index contributed by atoms with van der Waals surface area (Å²) in [4.78, 5) is 21.8. The second-order valence-electron chi connectivity index (χ2n) is 3.87. The molecule has 0 aliphatic rings. The molecule has 5 nitrogen and oxygen atoms in total. The van der Waals surface area contributed by atoms with Crippen molar-refractivity contribution in [3.63, 3.8) is 0 Å². The van der Waals surface area contributed by atoms with Crippen molar-refractivity contribution in [2.45, 2.75) is 20.3 Å². The number of carbonyl (C=O) groups is 1. The molecule has 0 heterocycles. The van der Waals surface area contributed by atoms with Crippen molar-refractivity contribution in [1.82, 2.24) is 0 Å².